The molecule has 68 valence electrons. The van der Waals surface area contributed by atoms with Crippen LogP contribution in [0.1, 0.15) is 6.55 Å². The van der Waals surface area contributed by atoms with Gasteiger partial charge in [0.25, 0.3) is 0 Å². The van der Waals surface area contributed by atoms with Crippen LogP contribution in [-0.4, -0.2) is 9.55 Å². The molecule has 0 bridgehead atoms. The summed E-state index contributed by atoms with van der Waals surface area (Å²) in [4.78, 5) is 3.96. The topological polar surface area (TPSA) is 17.8 Å². The second kappa shape index (κ2) is 3.06. The van der Waals surface area contributed by atoms with Gasteiger partial charge in [0.05, 0.1) is 0 Å². The zero-order chi connectivity index (χ0) is 9.42. The standard InChI is InChI=1S/C8H5BrF2N2/c9-6-2-1-5-3-4-13(8(10)11)7(5)12-6/h1-4,8H. The second-order valence-corrected chi connectivity index (χ2v) is 3.36. The molecule has 0 aromatic carbocycles. The quantitative estimate of drug-likeness (QED) is 0.707. The Morgan fingerprint density at radius 2 is 2.08 bits per heavy atom. The van der Waals surface area contributed by atoms with Crippen LogP contribution in [0.15, 0.2) is 29.0 Å². The van der Waals surface area contributed by atoms with Gasteiger partial charge < -0.3 is 0 Å². The van der Waals surface area contributed by atoms with Crippen molar-refractivity contribution in [1.82, 2.24) is 9.55 Å². The molecule has 0 atom stereocenters. The predicted octanol–water partition coefficient (Wildman–Crippen LogP) is 3.19. The number of aromatic nitrogens is 2. The molecule has 5 heteroatoms. The zero-order valence-corrected chi connectivity index (χ0v) is 8.00. The second-order valence-electron chi connectivity index (χ2n) is 2.55. The third-order valence-corrected chi connectivity index (χ3v) is 2.18. The molecule has 0 aliphatic heterocycles. The maximum absolute atomic E-state index is 12.4. The van der Waals surface area contributed by atoms with Crippen LogP contribution in [0.25, 0.3) is 11.0 Å². The summed E-state index contributed by atoms with van der Waals surface area (Å²) in [5, 5.41) is 0.712. The molecular weight excluding hydrogens is 242 g/mol. The molecule has 2 aromatic rings. The Labute approximate surface area is 81.3 Å². The van der Waals surface area contributed by atoms with E-state index in [1.165, 1.54) is 6.20 Å². The van der Waals surface area contributed by atoms with Crippen LogP contribution < -0.4 is 0 Å². The summed E-state index contributed by atoms with van der Waals surface area (Å²) >= 11 is 3.13. The first-order valence-electron chi connectivity index (χ1n) is 3.60. The van der Waals surface area contributed by atoms with E-state index in [2.05, 4.69) is 20.9 Å². The van der Waals surface area contributed by atoms with Crippen molar-refractivity contribution in [2.75, 3.05) is 0 Å². The molecule has 2 heterocycles. The molecule has 2 aromatic heterocycles. The third-order valence-electron chi connectivity index (χ3n) is 1.74. The van der Waals surface area contributed by atoms with E-state index in [1.807, 2.05) is 0 Å². The Bertz CT molecular complexity index is 439. The van der Waals surface area contributed by atoms with Crippen molar-refractivity contribution in [2.45, 2.75) is 6.55 Å². The van der Waals surface area contributed by atoms with E-state index in [4.69, 9.17) is 0 Å². The van der Waals surface area contributed by atoms with E-state index in [9.17, 15) is 8.78 Å². The fraction of sp³-hybridized carbons (Fsp3) is 0.125. The van der Waals surface area contributed by atoms with Crippen LogP contribution in [0.2, 0.25) is 0 Å². The van der Waals surface area contributed by atoms with E-state index in [1.54, 1.807) is 18.2 Å². The number of pyridine rings is 1. The van der Waals surface area contributed by atoms with Gasteiger partial charge >= 0.3 is 6.55 Å². The van der Waals surface area contributed by atoms with Gasteiger partial charge in [-0.25, -0.2) is 4.98 Å². The van der Waals surface area contributed by atoms with Crippen LogP contribution in [-0.2, 0) is 0 Å². The van der Waals surface area contributed by atoms with E-state index >= 15 is 0 Å². The van der Waals surface area contributed by atoms with Crippen molar-refractivity contribution in [1.29, 1.82) is 0 Å². The summed E-state index contributed by atoms with van der Waals surface area (Å²) in [6, 6.07) is 5.07. The minimum atomic E-state index is -2.54. The summed E-state index contributed by atoms with van der Waals surface area (Å²) in [7, 11) is 0. The van der Waals surface area contributed by atoms with Crippen LogP contribution in [0.5, 0.6) is 0 Å². The molecule has 0 unspecified atom stereocenters. The molecule has 13 heavy (non-hydrogen) atoms. The number of rotatable bonds is 1. The van der Waals surface area contributed by atoms with Gasteiger partial charge in [-0.1, -0.05) is 0 Å². The first-order chi connectivity index (χ1) is 6.18. The van der Waals surface area contributed by atoms with E-state index in [0.717, 1.165) is 4.57 Å². The summed E-state index contributed by atoms with van der Waals surface area (Å²) in [5.41, 5.74) is 0.296. The smallest absolute Gasteiger partial charge is 0.275 e. The average molecular weight is 247 g/mol. The Balaban J connectivity index is 2.71. The molecule has 0 amide bonds. The minimum Gasteiger partial charge on any atom is -0.275 e. The van der Waals surface area contributed by atoms with Gasteiger partial charge in [0.1, 0.15) is 10.3 Å². The van der Waals surface area contributed by atoms with Crippen LogP contribution in [0.3, 0.4) is 0 Å². The molecule has 0 saturated carbocycles. The normalized spacial score (nSPS) is 11.4. The molecule has 0 fully saturated rings. The average Bonchev–Trinajstić information content (AvgIpc) is 2.46. The van der Waals surface area contributed by atoms with Gasteiger partial charge in [-0.15, -0.1) is 0 Å². The van der Waals surface area contributed by atoms with Crippen LogP contribution in [0.4, 0.5) is 8.78 Å². The summed E-state index contributed by atoms with van der Waals surface area (Å²) in [6.45, 7) is -2.54. The van der Waals surface area contributed by atoms with Gasteiger partial charge in [0.2, 0.25) is 0 Å². The molecule has 0 saturated heterocycles. The monoisotopic (exact) mass is 246 g/mol. The van der Waals surface area contributed by atoms with Gasteiger partial charge in [0.15, 0.2) is 0 Å². The summed E-state index contributed by atoms with van der Waals surface area (Å²) < 4.78 is 26.1. The predicted molar refractivity (Wildman–Crippen MR) is 48.7 cm³/mol. The number of fused-ring (bicyclic) bond motifs is 1. The molecule has 0 N–H and O–H groups in total. The largest absolute Gasteiger partial charge is 0.320 e. The lowest BCUT2D eigenvalue weighted by atomic mass is 10.3. The third kappa shape index (κ3) is 1.44. The van der Waals surface area contributed by atoms with Crippen molar-refractivity contribution < 1.29 is 8.78 Å². The van der Waals surface area contributed by atoms with Crippen LogP contribution in [0, 0.1) is 0 Å². The molecule has 2 nitrogen and oxygen atoms in total. The Morgan fingerprint density at radius 1 is 1.31 bits per heavy atom. The van der Waals surface area contributed by atoms with Crippen molar-refractivity contribution in [3.63, 3.8) is 0 Å². The Morgan fingerprint density at radius 3 is 2.77 bits per heavy atom. The number of nitrogens with zero attached hydrogens (tertiary/aromatic N) is 2. The first kappa shape index (κ1) is 8.62. The summed E-state index contributed by atoms with van der Waals surface area (Å²) in [6.07, 6.45) is 1.33. The Kier molecular flexibility index (Phi) is 2.03. The molecule has 0 aliphatic carbocycles. The van der Waals surface area contributed by atoms with Crippen molar-refractivity contribution >= 4 is 27.0 Å². The van der Waals surface area contributed by atoms with E-state index in [0.29, 0.717) is 15.6 Å². The minimum absolute atomic E-state index is 0.296. The fourth-order valence-corrected chi connectivity index (χ4v) is 1.46. The van der Waals surface area contributed by atoms with Gasteiger partial charge in [-0.2, -0.15) is 8.78 Å². The highest BCUT2D eigenvalue weighted by atomic mass is 79.9. The Hall–Kier alpha value is -0.970. The van der Waals surface area contributed by atoms with Crippen molar-refractivity contribution in [3.8, 4) is 0 Å². The number of halogens is 3. The van der Waals surface area contributed by atoms with Gasteiger partial charge in [-0.05, 0) is 34.1 Å². The SMILES string of the molecule is FC(F)n1ccc2ccc(Br)nc21. The molecule has 0 radical (unpaired) electrons. The maximum atomic E-state index is 12.4. The lowest BCUT2D eigenvalue weighted by Gasteiger charge is -2.01. The van der Waals surface area contributed by atoms with Crippen molar-refractivity contribution in [3.05, 3.63) is 29.0 Å². The van der Waals surface area contributed by atoms with Crippen LogP contribution >= 0.6 is 15.9 Å². The van der Waals surface area contributed by atoms with E-state index in [-0.39, 0.29) is 0 Å². The number of hydrogen-bond donors (Lipinski definition) is 0. The lowest BCUT2D eigenvalue weighted by molar-refractivity contribution is 0.0746. The van der Waals surface area contributed by atoms with Gasteiger partial charge in [-0.3, -0.25) is 4.57 Å². The molecule has 2 rings (SSSR count). The number of hydrogen-bond acceptors (Lipinski definition) is 1. The molecule has 0 aliphatic rings. The highest BCUT2D eigenvalue weighted by Gasteiger charge is 2.10. The van der Waals surface area contributed by atoms with Gasteiger partial charge in [0, 0.05) is 11.6 Å². The lowest BCUT2D eigenvalue weighted by Crippen LogP contribution is -1.96. The first-order valence-corrected chi connectivity index (χ1v) is 4.39. The number of alkyl halides is 2. The highest BCUT2D eigenvalue weighted by Crippen LogP contribution is 2.21. The molecule has 0 spiro atoms. The van der Waals surface area contributed by atoms with Crippen molar-refractivity contribution in [2.24, 2.45) is 0 Å². The summed E-state index contributed by atoms with van der Waals surface area (Å²) in [5.74, 6) is 0. The highest BCUT2D eigenvalue weighted by molar-refractivity contribution is 9.10. The molecular formula is C8H5BrF2N2. The maximum Gasteiger partial charge on any atom is 0.320 e. The fourth-order valence-electron chi connectivity index (χ4n) is 1.16. The zero-order valence-electron chi connectivity index (χ0n) is 6.42. The van der Waals surface area contributed by atoms with E-state index < -0.39 is 6.55 Å².